The minimum Gasteiger partial charge on any atom is -0.466 e. The van der Waals surface area contributed by atoms with E-state index in [0.29, 0.717) is 12.5 Å². The second-order valence-electron chi connectivity index (χ2n) is 6.41. The topological polar surface area (TPSA) is 29.5 Å². The number of hydrogen-bond donors (Lipinski definition) is 0. The predicted molar refractivity (Wildman–Crippen MR) is 93.1 cm³/mol. The number of esters is 1. The average Bonchev–Trinajstić information content (AvgIpc) is 3.25. The highest BCUT2D eigenvalue weighted by atomic mass is 32.1. The molecule has 2 aliphatic rings. The quantitative estimate of drug-likeness (QED) is 0.602. The first-order valence-corrected chi connectivity index (χ1v) is 8.51. The van der Waals surface area contributed by atoms with Gasteiger partial charge in [-0.2, -0.15) is 0 Å². The van der Waals surface area contributed by atoms with Crippen molar-refractivity contribution in [2.45, 2.75) is 39.2 Å². The van der Waals surface area contributed by atoms with Crippen molar-refractivity contribution >= 4 is 23.2 Å². The first-order chi connectivity index (χ1) is 10.6. The van der Waals surface area contributed by atoms with E-state index in [4.69, 9.17) is 17.0 Å². The minimum atomic E-state index is -0.259. The van der Waals surface area contributed by atoms with Gasteiger partial charge >= 0.3 is 5.97 Å². The molecule has 3 nitrogen and oxygen atoms in total. The number of likely N-dealkylation sites (tertiary alicyclic amines) is 1. The van der Waals surface area contributed by atoms with E-state index < -0.39 is 0 Å². The molecule has 1 aromatic rings. The van der Waals surface area contributed by atoms with Crippen LogP contribution in [-0.2, 0) is 9.53 Å². The summed E-state index contributed by atoms with van der Waals surface area (Å²) in [7, 11) is 0. The standard InChI is InChI=1S/C18H23NO2S.FH/c1-3-21-17(20)18(9-10-18)15-11-16(22)19(12-15)13(2)14-7-5-4-6-8-14;/h4-8,13,15H,3,9-12H2,1-2H3;1H/t13-,15+;/m0./s1. The smallest absolute Gasteiger partial charge is 0.312 e. The number of thiocarbonyl (C=S) groups is 1. The molecule has 1 aliphatic heterocycles. The number of carbonyl (C=O) groups excluding carboxylic acids is 1. The first-order valence-electron chi connectivity index (χ1n) is 8.10. The summed E-state index contributed by atoms with van der Waals surface area (Å²) in [6.45, 7) is 5.39. The van der Waals surface area contributed by atoms with Gasteiger partial charge in [-0.3, -0.25) is 9.50 Å². The molecule has 126 valence electrons. The lowest BCUT2D eigenvalue weighted by Gasteiger charge is -2.28. The van der Waals surface area contributed by atoms with E-state index in [-0.39, 0.29) is 22.1 Å². The Bertz CT molecular complexity index is 574. The van der Waals surface area contributed by atoms with Gasteiger partial charge in [-0.1, -0.05) is 42.5 Å². The Hall–Kier alpha value is -1.49. The number of rotatable bonds is 5. The third-order valence-corrected chi connectivity index (χ3v) is 5.56. The summed E-state index contributed by atoms with van der Waals surface area (Å²) in [5.41, 5.74) is 1.01. The van der Waals surface area contributed by atoms with Crippen molar-refractivity contribution in [1.82, 2.24) is 4.90 Å². The van der Waals surface area contributed by atoms with Crippen molar-refractivity contribution in [2.24, 2.45) is 11.3 Å². The third kappa shape index (κ3) is 3.25. The van der Waals surface area contributed by atoms with E-state index in [1.807, 2.05) is 13.0 Å². The number of hydrogen-bond acceptors (Lipinski definition) is 3. The zero-order valence-electron chi connectivity index (χ0n) is 13.7. The number of nitrogens with zero attached hydrogens (tertiary/aromatic N) is 1. The van der Waals surface area contributed by atoms with E-state index in [1.54, 1.807) is 0 Å². The minimum absolute atomic E-state index is 0. The predicted octanol–water partition coefficient (Wildman–Crippen LogP) is 3.89. The van der Waals surface area contributed by atoms with Gasteiger partial charge in [0.1, 0.15) is 0 Å². The Morgan fingerprint density at radius 1 is 1.39 bits per heavy atom. The highest BCUT2D eigenvalue weighted by molar-refractivity contribution is 7.80. The Labute approximate surface area is 142 Å². The number of carbonyl (C=O) groups is 1. The van der Waals surface area contributed by atoms with Crippen molar-refractivity contribution in [3.63, 3.8) is 0 Å². The fourth-order valence-electron chi connectivity index (χ4n) is 3.58. The lowest BCUT2D eigenvalue weighted by Crippen LogP contribution is -2.32. The molecule has 0 N–H and O–H groups in total. The SMILES string of the molecule is CCOC(=O)C1([C@@H]2CC(=S)N([C@@H](C)c3ccccc3)C2)CC1.F. The lowest BCUT2D eigenvalue weighted by molar-refractivity contribution is -0.151. The number of halogens is 1. The first kappa shape index (κ1) is 17.9. The molecule has 2 fully saturated rings. The molecular formula is C18H24FNO2S. The van der Waals surface area contributed by atoms with Crippen LogP contribution in [0, 0.1) is 11.3 Å². The summed E-state index contributed by atoms with van der Waals surface area (Å²) in [5.74, 6) is 0.294. The lowest BCUT2D eigenvalue weighted by atomic mass is 9.88. The van der Waals surface area contributed by atoms with Crippen LogP contribution in [0.3, 0.4) is 0 Å². The molecule has 0 amide bonds. The van der Waals surface area contributed by atoms with Gasteiger partial charge in [0.2, 0.25) is 0 Å². The molecule has 1 aromatic carbocycles. The maximum absolute atomic E-state index is 12.3. The van der Waals surface area contributed by atoms with Crippen LogP contribution in [0.4, 0.5) is 4.70 Å². The van der Waals surface area contributed by atoms with Gasteiger partial charge in [-0.15, -0.1) is 0 Å². The molecule has 1 heterocycles. The fraction of sp³-hybridized carbons (Fsp3) is 0.556. The second-order valence-corrected chi connectivity index (χ2v) is 6.88. The van der Waals surface area contributed by atoms with E-state index in [2.05, 4.69) is 36.1 Å². The maximum Gasteiger partial charge on any atom is 0.312 e. The van der Waals surface area contributed by atoms with Crippen LogP contribution in [0.5, 0.6) is 0 Å². The highest BCUT2D eigenvalue weighted by Gasteiger charge is 2.59. The normalized spacial score (nSPS) is 23.1. The molecule has 1 saturated carbocycles. The van der Waals surface area contributed by atoms with Crippen LogP contribution in [0.25, 0.3) is 0 Å². The molecule has 5 heteroatoms. The Balaban J connectivity index is 0.00000192. The average molecular weight is 337 g/mol. The van der Waals surface area contributed by atoms with Crippen LogP contribution < -0.4 is 0 Å². The van der Waals surface area contributed by atoms with Crippen molar-refractivity contribution in [2.75, 3.05) is 13.2 Å². The van der Waals surface area contributed by atoms with Crippen molar-refractivity contribution in [3.05, 3.63) is 35.9 Å². The molecular weight excluding hydrogens is 313 g/mol. The fourth-order valence-corrected chi connectivity index (χ4v) is 4.01. The van der Waals surface area contributed by atoms with Gasteiger partial charge in [0, 0.05) is 13.0 Å². The molecule has 2 atom stereocenters. The molecule has 0 bridgehead atoms. The van der Waals surface area contributed by atoms with Crippen LogP contribution in [0.1, 0.15) is 44.7 Å². The Morgan fingerprint density at radius 2 is 2.04 bits per heavy atom. The number of benzene rings is 1. The monoisotopic (exact) mass is 337 g/mol. The largest absolute Gasteiger partial charge is 0.466 e. The van der Waals surface area contributed by atoms with Crippen LogP contribution in [0.2, 0.25) is 0 Å². The number of ether oxygens (including phenoxy) is 1. The zero-order valence-corrected chi connectivity index (χ0v) is 14.5. The van der Waals surface area contributed by atoms with E-state index >= 15 is 0 Å². The van der Waals surface area contributed by atoms with E-state index in [9.17, 15) is 4.79 Å². The van der Waals surface area contributed by atoms with Crippen molar-refractivity contribution in [3.8, 4) is 0 Å². The van der Waals surface area contributed by atoms with Crippen LogP contribution >= 0.6 is 12.2 Å². The summed E-state index contributed by atoms with van der Waals surface area (Å²) in [5, 5.41) is 0. The van der Waals surface area contributed by atoms with Gasteiger partial charge in [0.15, 0.2) is 0 Å². The van der Waals surface area contributed by atoms with Crippen molar-refractivity contribution < 1.29 is 14.2 Å². The van der Waals surface area contributed by atoms with Gasteiger partial charge in [-0.05, 0) is 38.2 Å². The zero-order chi connectivity index (χ0) is 15.7. The van der Waals surface area contributed by atoms with Crippen LogP contribution in [0.15, 0.2) is 30.3 Å². The summed E-state index contributed by atoms with van der Waals surface area (Å²) in [6, 6.07) is 10.7. The molecule has 1 saturated heterocycles. The summed E-state index contributed by atoms with van der Waals surface area (Å²) in [6.07, 6.45) is 2.74. The molecule has 3 rings (SSSR count). The van der Waals surface area contributed by atoms with Gasteiger partial charge in [-0.25, -0.2) is 0 Å². The molecule has 1 aliphatic carbocycles. The Kier molecular flexibility index (Phi) is 5.40. The Morgan fingerprint density at radius 3 is 2.61 bits per heavy atom. The molecule has 0 aromatic heterocycles. The molecule has 23 heavy (non-hydrogen) atoms. The molecule has 0 unspecified atom stereocenters. The van der Waals surface area contributed by atoms with Gasteiger partial charge in [0.05, 0.1) is 23.1 Å². The summed E-state index contributed by atoms with van der Waals surface area (Å²) < 4.78 is 5.30. The van der Waals surface area contributed by atoms with Crippen LogP contribution in [-0.4, -0.2) is 29.0 Å². The summed E-state index contributed by atoms with van der Waals surface area (Å²) in [4.78, 5) is 15.6. The maximum atomic E-state index is 12.3. The summed E-state index contributed by atoms with van der Waals surface area (Å²) >= 11 is 5.62. The molecule has 0 radical (unpaired) electrons. The van der Waals surface area contributed by atoms with Crippen molar-refractivity contribution in [1.29, 1.82) is 0 Å². The second kappa shape index (κ2) is 6.95. The third-order valence-electron chi connectivity index (χ3n) is 5.16. The van der Waals surface area contributed by atoms with E-state index in [0.717, 1.165) is 30.8 Å². The molecule has 0 spiro atoms. The van der Waals surface area contributed by atoms with Gasteiger partial charge in [0.25, 0.3) is 0 Å². The van der Waals surface area contributed by atoms with Gasteiger partial charge < -0.3 is 9.64 Å². The van der Waals surface area contributed by atoms with E-state index in [1.165, 1.54) is 5.56 Å². The highest BCUT2D eigenvalue weighted by Crippen LogP contribution is 2.56.